The Balaban J connectivity index is 1.71. The lowest BCUT2D eigenvalue weighted by molar-refractivity contribution is -0.132. The van der Waals surface area contributed by atoms with Gasteiger partial charge in [-0.3, -0.25) is 18.7 Å². The van der Waals surface area contributed by atoms with Crippen LogP contribution in [0.3, 0.4) is 0 Å². The van der Waals surface area contributed by atoms with Gasteiger partial charge in [0.1, 0.15) is 0 Å². The first-order valence-corrected chi connectivity index (χ1v) is 9.07. The van der Waals surface area contributed by atoms with Crippen molar-refractivity contribution in [2.24, 2.45) is 20.0 Å². The third-order valence-electron chi connectivity index (χ3n) is 4.77. The van der Waals surface area contributed by atoms with Gasteiger partial charge < -0.3 is 9.47 Å². The number of carbonyl (C=O) groups excluding carboxylic acids is 1. The Morgan fingerprint density at radius 1 is 1.29 bits per heavy atom. The molecule has 9 heteroatoms. The van der Waals surface area contributed by atoms with Crippen molar-refractivity contribution in [1.82, 2.24) is 23.6 Å². The lowest BCUT2D eigenvalue weighted by Crippen LogP contribution is -2.40. The van der Waals surface area contributed by atoms with E-state index in [1.165, 1.54) is 11.6 Å². The highest BCUT2D eigenvalue weighted by Crippen LogP contribution is 2.35. The molecule has 128 valence electrons. The van der Waals surface area contributed by atoms with Gasteiger partial charge in [0, 0.05) is 32.3 Å². The van der Waals surface area contributed by atoms with Crippen molar-refractivity contribution in [3.63, 3.8) is 0 Å². The summed E-state index contributed by atoms with van der Waals surface area (Å²) >= 11 is 1.73. The highest BCUT2D eigenvalue weighted by atomic mass is 32.2. The highest BCUT2D eigenvalue weighted by molar-refractivity contribution is 8.00. The number of hydrogen-bond donors (Lipinski definition) is 0. The summed E-state index contributed by atoms with van der Waals surface area (Å²) < 4.78 is 4.24. The highest BCUT2D eigenvalue weighted by Gasteiger charge is 2.38. The van der Waals surface area contributed by atoms with Gasteiger partial charge in [-0.05, 0) is 12.8 Å². The number of aromatic nitrogens is 4. The van der Waals surface area contributed by atoms with Gasteiger partial charge >= 0.3 is 5.69 Å². The first-order chi connectivity index (χ1) is 11.5. The van der Waals surface area contributed by atoms with Crippen molar-refractivity contribution in [3.05, 3.63) is 27.2 Å². The van der Waals surface area contributed by atoms with Crippen LogP contribution in [0.4, 0.5) is 0 Å². The van der Waals surface area contributed by atoms with Crippen LogP contribution in [0, 0.1) is 5.92 Å². The first kappa shape index (κ1) is 15.5. The van der Waals surface area contributed by atoms with E-state index in [-0.39, 0.29) is 22.8 Å². The average Bonchev–Trinajstić information content (AvgIpc) is 3.19. The van der Waals surface area contributed by atoms with Crippen LogP contribution in [0.15, 0.2) is 15.9 Å². The lowest BCUT2D eigenvalue weighted by atomic mass is 10.3. The van der Waals surface area contributed by atoms with E-state index in [0.29, 0.717) is 17.7 Å². The molecule has 1 aliphatic heterocycles. The normalized spacial score (nSPS) is 20.9. The number of carbonyl (C=O) groups is 1. The molecule has 2 aromatic heterocycles. The first-order valence-electron chi connectivity index (χ1n) is 8.02. The summed E-state index contributed by atoms with van der Waals surface area (Å²) in [6.07, 6.45) is 3.57. The zero-order chi connectivity index (χ0) is 17.0. The standard InChI is InChI=1S/C15H19N5O3S/c1-17-12-11(14(22)18(2)15(17)23)19(8-16-12)7-10-20(5-6-24-10)13(21)9-3-4-9/h8-10H,3-7H2,1-2H3. The number of imidazole rings is 1. The Morgan fingerprint density at radius 2 is 2.04 bits per heavy atom. The molecule has 0 radical (unpaired) electrons. The van der Waals surface area contributed by atoms with Gasteiger partial charge in [-0.15, -0.1) is 11.8 Å². The van der Waals surface area contributed by atoms with E-state index in [1.807, 2.05) is 4.90 Å². The summed E-state index contributed by atoms with van der Waals surface area (Å²) in [5.41, 5.74) is 0.0456. The fourth-order valence-electron chi connectivity index (χ4n) is 3.19. The fourth-order valence-corrected chi connectivity index (χ4v) is 4.42. The van der Waals surface area contributed by atoms with Crippen molar-refractivity contribution in [1.29, 1.82) is 0 Å². The Labute approximate surface area is 142 Å². The van der Waals surface area contributed by atoms with Crippen molar-refractivity contribution in [2.45, 2.75) is 24.8 Å². The summed E-state index contributed by atoms with van der Waals surface area (Å²) in [4.78, 5) is 43.1. The van der Waals surface area contributed by atoms with Crippen LogP contribution in [-0.2, 0) is 25.4 Å². The molecule has 1 saturated carbocycles. The van der Waals surface area contributed by atoms with Crippen LogP contribution in [0.2, 0.25) is 0 Å². The predicted molar refractivity (Wildman–Crippen MR) is 90.9 cm³/mol. The molecule has 24 heavy (non-hydrogen) atoms. The van der Waals surface area contributed by atoms with Gasteiger partial charge in [0.05, 0.1) is 18.2 Å². The van der Waals surface area contributed by atoms with Crippen LogP contribution in [0.25, 0.3) is 11.2 Å². The van der Waals surface area contributed by atoms with Crippen LogP contribution in [0.5, 0.6) is 0 Å². The fraction of sp³-hybridized carbons (Fsp3) is 0.600. The number of nitrogens with zero attached hydrogens (tertiary/aromatic N) is 5. The minimum Gasteiger partial charge on any atom is -0.328 e. The summed E-state index contributed by atoms with van der Waals surface area (Å²) in [6.45, 7) is 1.26. The number of fused-ring (bicyclic) bond motifs is 1. The molecule has 1 unspecified atom stereocenters. The Morgan fingerprint density at radius 3 is 2.75 bits per heavy atom. The molecule has 8 nitrogen and oxygen atoms in total. The molecule has 0 aromatic carbocycles. The summed E-state index contributed by atoms with van der Waals surface area (Å²) in [7, 11) is 3.07. The van der Waals surface area contributed by atoms with Crippen LogP contribution in [0.1, 0.15) is 12.8 Å². The Bertz CT molecular complexity index is 939. The molecule has 0 N–H and O–H groups in total. The quantitative estimate of drug-likeness (QED) is 0.763. The SMILES string of the molecule is Cn1c(=O)c2c(ncn2CC2SCCN2C(=O)C2CC2)n(C)c1=O. The second kappa shape index (κ2) is 5.51. The zero-order valence-electron chi connectivity index (χ0n) is 13.6. The van der Waals surface area contributed by atoms with E-state index in [0.717, 1.165) is 29.7 Å². The van der Waals surface area contributed by atoms with Crippen LogP contribution < -0.4 is 11.2 Å². The van der Waals surface area contributed by atoms with Crippen LogP contribution in [-0.4, -0.2) is 47.2 Å². The summed E-state index contributed by atoms with van der Waals surface area (Å²) in [5.74, 6) is 1.33. The van der Waals surface area contributed by atoms with Crippen LogP contribution >= 0.6 is 11.8 Å². The Hall–Kier alpha value is -2.03. The van der Waals surface area contributed by atoms with E-state index in [4.69, 9.17) is 0 Å². The second-order valence-electron chi connectivity index (χ2n) is 6.41. The molecule has 2 aliphatic rings. The molecule has 0 bridgehead atoms. The number of amides is 1. The van der Waals surface area contributed by atoms with E-state index in [9.17, 15) is 14.4 Å². The predicted octanol–water partition coefficient (Wildman–Crippen LogP) is -0.255. The molecular formula is C15H19N5O3S. The zero-order valence-corrected chi connectivity index (χ0v) is 14.5. The molecule has 2 aromatic rings. The topological polar surface area (TPSA) is 82.1 Å². The van der Waals surface area contributed by atoms with Gasteiger partial charge in [-0.2, -0.15) is 0 Å². The molecule has 1 amide bonds. The monoisotopic (exact) mass is 349 g/mol. The maximum Gasteiger partial charge on any atom is 0.332 e. The third-order valence-corrected chi connectivity index (χ3v) is 5.98. The maximum atomic E-state index is 12.5. The molecular weight excluding hydrogens is 330 g/mol. The van der Waals surface area contributed by atoms with Crippen molar-refractivity contribution in [3.8, 4) is 0 Å². The van der Waals surface area contributed by atoms with Gasteiger partial charge in [0.15, 0.2) is 11.2 Å². The number of aryl methyl sites for hydroxylation is 1. The molecule has 1 aliphatic carbocycles. The molecule has 3 heterocycles. The van der Waals surface area contributed by atoms with Crippen molar-refractivity contribution < 1.29 is 4.79 Å². The third kappa shape index (κ3) is 2.29. The van der Waals surface area contributed by atoms with E-state index < -0.39 is 5.69 Å². The molecule has 1 saturated heterocycles. The van der Waals surface area contributed by atoms with Gasteiger partial charge in [0.2, 0.25) is 5.91 Å². The van der Waals surface area contributed by atoms with Crippen molar-refractivity contribution in [2.75, 3.05) is 12.3 Å². The Kier molecular flexibility index (Phi) is 3.56. The summed E-state index contributed by atoms with van der Waals surface area (Å²) in [6, 6.07) is 0. The molecule has 1 atom stereocenters. The average molecular weight is 349 g/mol. The molecule has 4 rings (SSSR count). The van der Waals surface area contributed by atoms with E-state index in [1.54, 1.807) is 29.7 Å². The minimum absolute atomic E-state index is 0.0115. The number of rotatable bonds is 3. The smallest absolute Gasteiger partial charge is 0.328 e. The van der Waals surface area contributed by atoms with Gasteiger partial charge in [0.25, 0.3) is 5.56 Å². The largest absolute Gasteiger partial charge is 0.332 e. The van der Waals surface area contributed by atoms with E-state index >= 15 is 0 Å². The second-order valence-corrected chi connectivity index (χ2v) is 7.69. The van der Waals surface area contributed by atoms with Crippen molar-refractivity contribution >= 4 is 28.8 Å². The van der Waals surface area contributed by atoms with Gasteiger partial charge in [-0.1, -0.05) is 0 Å². The van der Waals surface area contributed by atoms with E-state index in [2.05, 4.69) is 4.98 Å². The number of hydrogen-bond acceptors (Lipinski definition) is 5. The molecule has 2 fully saturated rings. The maximum absolute atomic E-state index is 12.5. The van der Waals surface area contributed by atoms with Gasteiger partial charge in [-0.25, -0.2) is 9.78 Å². The summed E-state index contributed by atoms with van der Waals surface area (Å²) in [5, 5.41) is 0.0115. The molecule has 0 spiro atoms. The minimum atomic E-state index is -0.390. The number of thioether (sulfide) groups is 1. The lowest BCUT2D eigenvalue weighted by Gasteiger charge is -2.24.